The summed E-state index contributed by atoms with van der Waals surface area (Å²) in [5, 5.41) is 10.4. The first-order valence-electron chi connectivity index (χ1n) is 6.36. The smallest absolute Gasteiger partial charge is 0.200 e. The molecular weight excluding hydrogens is 250 g/mol. The number of aliphatic hydroxyl groups is 1. The van der Waals surface area contributed by atoms with Gasteiger partial charge in [0.25, 0.3) is 0 Å². The minimum atomic E-state index is -0.186. The van der Waals surface area contributed by atoms with Crippen molar-refractivity contribution in [1.82, 2.24) is 0 Å². The van der Waals surface area contributed by atoms with Gasteiger partial charge in [-0.25, -0.2) is 0 Å². The fourth-order valence-corrected chi connectivity index (χ4v) is 2.32. The molecule has 0 radical (unpaired) electrons. The summed E-state index contributed by atoms with van der Waals surface area (Å²) in [4.78, 5) is 16.9. The third-order valence-electron chi connectivity index (χ3n) is 3.31. The minimum Gasteiger partial charge on any atom is -0.506 e. The molecule has 0 atom stereocenters. The molecule has 2 aromatic carbocycles. The maximum absolute atomic E-state index is 12.5. The molecular formula is C17H13NO2. The molecule has 1 aliphatic rings. The Morgan fingerprint density at radius 3 is 2.40 bits per heavy atom. The van der Waals surface area contributed by atoms with Crippen LogP contribution in [0, 0.1) is 0 Å². The van der Waals surface area contributed by atoms with Gasteiger partial charge in [-0.3, -0.25) is 9.79 Å². The number of rotatable bonds is 1. The Kier molecular flexibility index (Phi) is 2.95. The van der Waals surface area contributed by atoms with Crippen molar-refractivity contribution in [2.75, 3.05) is 0 Å². The fourth-order valence-electron chi connectivity index (χ4n) is 2.32. The van der Waals surface area contributed by atoms with E-state index in [-0.39, 0.29) is 17.1 Å². The number of fused-ring (bicyclic) bond motifs is 1. The highest BCUT2D eigenvalue weighted by Crippen LogP contribution is 2.31. The van der Waals surface area contributed by atoms with E-state index in [4.69, 9.17) is 0 Å². The maximum Gasteiger partial charge on any atom is 0.200 e. The molecule has 3 rings (SSSR count). The van der Waals surface area contributed by atoms with Crippen molar-refractivity contribution in [3.8, 4) is 0 Å². The van der Waals surface area contributed by atoms with Crippen molar-refractivity contribution in [2.45, 2.75) is 6.92 Å². The van der Waals surface area contributed by atoms with Crippen molar-refractivity contribution < 1.29 is 9.90 Å². The molecule has 0 aliphatic carbocycles. The second kappa shape index (κ2) is 4.78. The summed E-state index contributed by atoms with van der Waals surface area (Å²) in [5.41, 5.74) is 2.60. The molecule has 3 nitrogen and oxygen atoms in total. The van der Waals surface area contributed by atoms with E-state index in [0.717, 1.165) is 0 Å². The van der Waals surface area contributed by atoms with Crippen LogP contribution in [0.25, 0.3) is 5.76 Å². The highest BCUT2D eigenvalue weighted by Gasteiger charge is 2.26. The van der Waals surface area contributed by atoms with E-state index in [9.17, 15) is 9.90 Å². The lowest BCUT2D eigenvalue weighted by molar-refractivity contribution is 0.103. The molecule has 0 unspecified atom stereocenters. The van der Waals surface area contributed by atoms with Crippen LogP contribution in [0.3, 0.4) is 0 Å². The number of aliphatic imine (C=N–C) groups is 1. The van der Waals surface area contributed by atoms with Gasteiger partial charge in [-0.15, -0.1) is 0 Å². The van der Waals surface area contributed by atoms with Crippen molar-refractivity contribution in [2.24, 2.45) is 4.99 Å². The summed E-state index contributed by atoms with van der Waals surface area (Å²) in [6, 6.07) is 16.2. The van der Waals surface area contributed by atoms with E-state index in [2.05, 4.69) is 4.99 Å². The third-order valence-corrected chi connectivity index (χ3v) is 3.31. The van der Waals surface area contributed by atoms with Gasteiger partial charge in [0, 0.05) is 11.1 Å². The maximum atomic E-state index is 12.5. The fraction of sp³-hybridized carbons (Fsp3) is 0.0588. The summed E-state index contributed by atoms with van der Waals surface area (Å²) < 4.78 is 0. The Hall–Kier alpha value is -2.68. The van der Waals surface area contributed by atoms with E-state index in [0.29, 0.717) is 22.5 Å². The lowest BCUT2D eigenvalue weighted by Crippen LogP contribution is -2.17. The number of hydrogen-bond acceptors (Lipinski definition) is 3. The Balaban J connectivity index is 2.20. The van der Waals surface area contributed by atoms with E-state index < -0.39 is 0 Å². The average Bonchev–Trinajstić information content (AvgIpc) is 2.48. The van der Waals surface area contributed by atoms with Gasteiger partial charge in [0.2, 0.25) is 5.78 Å². The van der Waals surface area contributed by atoms with E-state index in [1.165, 1.54) is 0 Å². The highest BCUT2D eigenvalue weighted by atomic mass is 16.3. The standard InChI is InChI=1S/C17H13NO2/c1-11-15(16(19)12-7-3-2-4-8-12)17(20)13-9-5-6-10-14(13)18-11/h2-10,19H,1H3/b16-15-. The molecule has 0 fully saturated rings. The number of nitrogens with zero attached hydrogens (tertiary/aromatic N) is 1. The van der Waals surface area contributed by atoms with Gasteiger partial charge in [0.1, 0.15) is 5.76 Å². The van der Waals surface area contributed by atoms with Crippen LogP contribution in [0.2, 0.25) is 0 Å². The molecule has 98 valence electrons. The first kappa shape index (κ1) is 12.4. The number of allylic oxidation sites excluding steroid dienone is 1. The number of Topliss-reactive ketones (excluding diaryl/α,β-unsaturated/α-hetero) is 1. The quantitative estimate of drug-likeness (QED) is 0.625. The molecule has 0 amide bonds. The summed E-state index contributed by atoms with van der Waals surface area (Å²) in [7, 11) is 0. The van der Waals surface area contributed by atoms with Crippen molar-refractivity contribution in [3.63, 3.8) is 0 Å². The predicted octanol–water partition coefficient (Wildman–Crippen LogP) is 3.94. The van der Waals surface area contributed by atoms with Gasteiger partial charge >= 0.3 is 0 Å². The van der Waals surface area contributed by atoms with Crippen LogP contribution in [-0.2, 0) is 0 Å². The molecule has 0 aromatic heterocycles. The first-order valence-corrected chi connectivity index (χ1v) is 6.36. The van der Waals surface area contributed by atoms with Crippen LogP contribution < -0.4 is 0 Å². The van der Waals surface area contributed by atoms with Gasteiger partial charge in [-0.1, -0.05) is 42.5 Å². The van der Waals surface area contributed by atoms with Crippen LogP contribution >= 0.6 is 0 Å². The number of hydrogen-bond donors (Lipinski definition) is 1. The largest absolute Gasteiger partial charge is 0.506 e. The number of carbonyl (C=O) groups excluding carboxylic acids is 1. The number of para-hydroxylation sites is 1. The molecule has 0 bridgehead atoms. The summed E-state index contributed by atoms with van der Waals surface area (Å²) in [5.74, 6) is -0.208. The Bertz CT molecular complexity index is 743. The average molecular weight is 263 g/mol. The van der Waals surface area contributed by atoms with Gasteiger partial charge in [-0.05, 0) is 19.1 Å². The molecule has 3 heteroatoms. The molecule has 20 heavy (non-hydrogen) atoms. The van der Waals surface area contributed by atoms with Gasteiger partial charge < -0.3 is 5.11 Å². The number of carbonyl (C=O) groups is 1. The lowest BCUT2D eigenvalue weighted by atomic mass is 9.92. The van der Waals surface area contributed by atoms with Crippen LogP contribution in [0.4, 0.5) is 5.69 Å². The Morgan fingerprint density at radius 2 is 1.65 bits per heavy atom. The second-order valence-electron chi connectivity index (χ2n) is 4.63. The van der Waals surface area contributed by atoms with Gasteiger partial charge in [0.05, 0.1) is 17.0 Å². The Labute approximate surface area is 116 Å². The normalized spacial score (nSPS) is 16.4. The number of ketones is 1. The minimum absolute atomic E-state index is 0.0219. The van der Waals surface area contributed by atoms with Crippen LogP contribution in [0.5, 0.6) is 0 Å². The summed E-state index contributed by atoms with van der Waals surface area (Å²) >= 11 is 0. The van der Waals surface area contributed by atoms with Crippen LogP contribution in [-0.4, -0.2) is 16.6 Å². The first-order chi connectivity index (χ1) is 9.68. The number of aliphatic hydroxyl groups excluding tert-OH is 1. The molecule has 0 saturated heterocycles. The Morgan fingerprint density at radius 1 is 1.00 bits per heavy atom. The van der Waals surface area contributed by atoms with E-state index >= 15 is 0 Å². The van der Waals surface area contributed by atoms with Gasteiger partial charge in [0.15, 0.2) is 0 Å². The summed E-state index contributed by atoms with van der Waals surface area (Å²) in [6.07, 6.45) is 0. The zero-order valence-electron chi connectivity index (χ0n) is 11.0. The van der Waals surface area contributed by atoms with E-state index in [1.807, 2.05) is 24.3 Å². The SMILES string of the molecule is CC1=Nc2ccccc2C(=O)/C1=C(\O)c1ccccc1. The van der Waals surface area contributed by atoms with Crippen molar-refractivity contribution in [1.29, 1.82) is 0 Å². The monoisotopic (exact) mass is 263 g/mol. The van der Waals surface area contributed by atoms with Crippen molar-refractivity contribution >= 4 is 22.9 Å². The molecule has 1 N–H and O–H groups in total. The number of benzene rings is 2. The second-order valence-corrected chi connectivity index (χ2v) is 4.63. The molecule has 1 aliphatic heterocycles. The topological polar surface area (TPSA) is 49.7 Å². The zero-order valence-corrected chi connectivity index (χ0v) is 11.0. The molecule has 1 heterocycles. The van der Waals surface area contributed by atoms with Crippen molar-refractivity contribution in [3.05, 3.63) is 71.3 Å². The van der Waals surface area contributed by atoms with Crippen LogP contribution in [0.15, 0.2) is 65.2 Å². The molecule has 0 spiro atoms. The van der Waals surface area contributed by atoms with Gasteiger partial charge in [-0.2, -0.15) is 0 Å². The molecule has 0 saturated carbocycles. The molecule has 2 aromatic rings. The predicted molar refractivity (Wildman–Crippen MR) is 79.5 cm³/mol. The lowest BCUT2D eigenvalue weighted by Gasteiger charge is -2.16. The summed E-state index contributed by atoms with van der Waals surface area (Å²) in [6.45, 7) is 1.74. The van der Waals surface area contributed by atoms with E-state index in [1.54, 1.807) is 37.3 Å². The van der Waals surface area contributed by atoms with Crippen LogP contribution in [0.1, 0.15) is 22.8 Å². The zero-order chi connectivity index (χ0) is 14.1. The highest BCUT2D eigenvalue weighted by molar-refractivity contribution is 6.34. The third kappa shape index (κ3) is 1.93.